The van der Waals surface area contributed by atoms with E-state index in [4.69, 9.17) is 4.74 Å². The Balaban J connectivity index is 1.75. The maximum atomic E-state index is 12.2. The summed E-state index contributed by atoms with van der Waals surface area (Å²) in [6, 6.07) is 15.2. The summed E-state index contributed by atoms with van der Waals surface area (Å²) in [5.41, 5.74) is 2.80. The lowest BCUT2D eigenvalue weighted by Crippen LogP contribution is -2.34. The van der Waals surface area contributed by atoms with E-state index in [1.54, 1.807) is 7.11 Å². The number of benzene rings is 2. The number of rotatable bonds is 3. The van der Waals surface area contributed by atoms with E-state index >= 15 is 0 Å². The van der Waals surface area contributed by atoms with Crippen molar-refractivity contribution in [1.29, 1.82) is 0 Å². The minimum absolute atomic E-state index is 0.0530. The summed E-state index contributed by atoms with van der Waals surface area (Å²) in [4.78, 5) is 12.2. The van der Waals surface area contributed by atoms with Gasteiger partial charge in [0.1, 0.15) is 5.75 Å². The number of hydrogen-bond acceptors (Lipinski definition) is 2. The summed E-state index contributed by atoms with van der Waals surface area (Å²) in [5, 5.41) is 5.96. The van der Waals surface area contributed by atoms with Gasteiger partial charge in [-0.1, -0.05) is 30.3 Å². The van der Waals surface area contributed by atoms with Crippen molar-refractivity contribution in [3.63, 3.8) is 0 Å². The maximum absolute atomic E-state index is 12.2. The zero-order valence-corrected chi connectivity index (χ0v) is 12.0. The molecule has 1 heterocycles. The molecule has 0 radical (unpaired) electrons. The third-order valence-electron chi connectivity index (χ3n) is 3.52. The van der Waals surface area contributed by atoms with E-state index < -0.39 is 0 Å². The Morgan fingerprint density at radius 2 is 2.00 bits per heavy atom. The van der Waals surface area contributed by atoms with E-state index in [1.807, 2.05) is 55.5 Å². The average molecular weight is 283 g/mol. The Morgan fingerprint density at radius 1 is 1.24 bits per heavy atom. The van der Waals surface area contributed by atoms with Gasteiger partial charge < -0.3 is 10.1 Å². The van der Waals surface area contributed by atoms with Crippen molar-refractivity contribution in [2.75, 3.05) is 7.11 Å². The summed E-state index contributed by atoms with van der Waals surface area (Å²) < 4.78 is 6.64. The van der Waals surface area contributed by atoms with Crippen LogP contribution in [0.5, 0.6) is 5.75 Å². The molecule has 0 spiro atoms. The van der Waals surface area contributed by atoms with Gasteiger partial charge in [0.05, 0.1) is 24.2 Å². The maximum Gasteiger partial charge on any atom is 0.341 e. The van der Waals surface area contributed by atoms with Gasteiger partial charge in [-0.15, -0.1) is 0 Å². The minimum Gasteiger partial charge on any atom is -0.497 e. The highest BCUT2D eigenvalue weighted by Gasteiger charge is 2.15. The predicted octanol–water partition coefficient (Wildman–Crippen LogP) is 3.30. The zero-order chi connectivity index (χ0) is 14.8. The SMILES string of the molecule is COc1ccc2c(c1)[nH]n2C(=O)NC(C)c1ccccc1. The summed E-state index contributed by atoms with van der Waals surface area (Å²) in [5.74, 6) is 0.763. The van der Waals surface area contributed by atoms with Crippen LogP contribution >= 0.6 is 0 Å². The van der Waals surface area contributed by atoms with E-state index in [-0.39, 0.29) is 12.1 Å². The fourth-order valence-electron chi connectivity index (χ4n) is 2.29. The molecule has 108 valence electrons. The standard InChI is InChI=1S/C16H17N3O2/c1-11(12-6-4-3-5-7-12)17-16(20)19-15-9-8-13(21-2)10-14(15)18-19/h3-11,18H,1-2H3,(H,17,20). The monoisotopic (exact) mass is 283 g/mol. The van der Waals surface area contributed by atoms with Gasteiger partial charge in [-0.05, 0) is 24.6 Å². The van der Waals surface area contributed by atoms with E-state index in [0.29, 0.717) is 0 Å². The number of aromatic nitrogens is 2. The van der Waals surface area contributed by atoms with Crippen LogP contribution in [0.4, 0.5) is 4.79 Å². The third kappa shape index (κ3) is 2.50. The molecule has 0 aliphatic carbocycles. The number of amides is 1. The first-order valence-electron chi connectivity index (χ1n) is 6.79. The van der Waals surface area contributed by atoms with Crippen LogP contribution in [0.3, 0.4) is 0 Å². The van der Waals surface area contributed by atoms with Crippen molar-refractivity contribution in [1.82, 2.24) is 15.1 Å². The van der Waals surface area contributed by atoms with Crippen LogP contribution in [0.15, 0.2) is 48.5 Å². The molecule has 1 amide bonds. The summed E-state index contributed by atoms with van der Waals surface area (Å²) >= 11 is 0. The van der Waals surface area contributed by atoms with Crippen molar-refractivity contribution >= 4 is 17.1 Å². The summed E-state index contributed by atoms with van der Waals surface area (Å²) in [6.45, 7) is 1.96. The van der Waals surface area contributed by atoms with Gasteiger partial charge in [-0.2, -0.15) is 0 Å². The van der Waals surface area contributed by atoms with Gasteiger partial charge in [-0.25, -0.2) is 9.48 Å². The molecule has 0 aliphatic rings. The van der Waals surface area contributed by atoms with Crippen LogP contribution in [-0.4, -0.2) is 22.9 Å². The highest BCUT2D eigenvalue weighted by molar-refractivity contribution is 5.91. The van der Waals surface area contributed by atoms with Gasteiger partial charge in [-0.3, -0.25) is 5.10 Å². The lowest BCUT2D eigenvalue weighted by molar-refractivity contribution is 0.237. The van der Waals surface area contributed by atoms with Gasteiger partial charge >= 0.3 is 6.03 Å². The molecule has 3 rings (SSSR count). The van der Waals surface area contributed by atoms with Crippen LogP contribution in [0.1, 0.15) is 18.5 Å². The fourth-order valence-corrected chi connectivity index (χ4v) is 2.29. The molecule has 0 saturated heterocycles. The summed E-state index contributed by atoms with van der Waals surface area (Å²) in [7, 11) is 1.62. The third-order valence-corrected chi connectivity index (χ3v) is 3.52. The van der Waals surface area contributed by atoms with E-state index in [1.165, 1.54) is 4.68 Å². The van der Waals surface area contributed by atoms with Gasteiger partial charge in [0.25, 0.3) is 0 Å². The molecular weight excluding hydrogens is 266 g/mol. The van der Waals surface area contributed by atoms with Gasteiger partial charge in [0.2, 0.25) is 0 Å². The molecular formula is C16H17N3O2. The molecule has 3 aromatic rings. The topological polar surface area (TPSA) is 59.0 Å². The number of ether oxygens (including phenoxy) is 1. The molecule has 21 heavy (non-hydrogen) atoms. The molecule has 0 fully saturated rings. The van der Waals surface area contributed by atoms with Crippen molar-refractivity contribution in [2.45, 2.75) is 13.0 Å². The quantitative estimate of drug-likeness (QED) is 0.775. The molecule has 0 aliphatic heterocycles. The number of aromatic amines is 1. The Morgan fingerprint density at radius 3 is 2.67 bits per heavy atom. The number of nitrogens with one attached hydrogen (secondary N) is 2. The first-order chi connectivity index (χ1) is 10.2. The highest BCUT2D eigenvalue weighted by atomic mass is 16.5. The smallest absolute Gasteiger partial charge is 0.341 e. The first-order valence-corrected chi connectivity index (χ1v) is 6.79. The van der Waals surface area contributed by atoms with Crippen LogP contribution < -0.4 is 10.1 Å². The van der Waals surface area contributed by atoms with Crippen molar-refractivity contribution in [3.05, 3.63) is 54.1 Å². The first kappa shape index (κ1) is 13.3. The number of nitrogens with zero attached hydrogens (tertiary/aromatic N) is 1. The molecule has 5 heteroatoms. The van der Waals surface area contributed by atoms with Crippen LogP contribution in [-0.2, 0) is 0 Å². The number of carbonyl (C=O) groups is 1. The second-order valence-corrected chi connectivity index (χ2v) is 4.91. The lowest BCUT2D eigenvalue weighted by Gasteiger charge is -2.19. The molecule has 1 atom stereocenters. The highest BCUT2D eigenvalue weighted by Crippen LogP contribution is 2.21. The normalized spacial score (nSPS) is 12.3. The largest absolute Gasteiger partial charge is 0.497 e. The van der Waals surface area contributed by atoms with Crippen molar-refractivity contribution < 1.29 is 9.53 Å². The summed E-state index contributed by atoms with van der Waals surface area (Å²) in [6.07, 6.45) is 0. The molecule has 0 saturated carbocycles. The van der Waals surface area contributed by atoms with Crippen LogP contribution in [0.2, 0.25) is 0 Å². The number of carbonyl (C=O) groups excluding carboxylic acids is 1. The number of methoxy groups -OCH3 is 1. The lowest BCUT2D eigenvalue weighted by atomic mass is 10.1. The fraction of sp³-hybridized carbons (Fsp3) is 0.188. The number of hydrogen-bond donors (Lipinski definition) is 2. The molecule has 1 aromatic heterocycles. The van der Waals surface area contributed by atoms with Crippen molar-refractivity contribution in [3.8, 4) is 5.75 Å². The Labute approximate surface area is 122 Å². The van der Waals surface area contributed by atoms with Crippen molar-refractivity contribution in [2.24, 2.45) is 0 Å². The van der Waals surface area contributed by atoms with E-state index in [0.717, 1.165) is 22.3 Å². The Bertz CT molecular complexity index is 758. The molecule has 2 N–H and O–H groups in total. The molecule has 0 bridgehead atoms. The molecule has 1 unspecified atom stereocenters. The van der Waals surface area contributed by atoms with Crippen LogP contribution in [0.25, 0.3) is 11.0 Å². The van der Waals surface area contributed by atoms with Gasteiger partial charge in [0.15, 0.2) is 0 Å². The minimum atomic E-state index is -0.177. The number of H-pyrrole nitrogens is 1. The predicted molar refractivity (Wildman–Crippen MR) is 81.6 cm³/mol. The number of fused-ring (bicyclic) bond motifs is 1. The van der Waals surface area contributed by atoms with E-state index in [9.17, 15) is 4.79 Å². The van der Waals surface area contributed by atoms with E-state index in [2.05, 4.69) is 10.4 Å². The Hall–Kier alpha value is -2.69. The molecule has 5 nitrogen and oxygen atoms in total. The Kier molecular flexibility index (Phi) is 3.39. The van der Waals surface area contributed by atoms with Gasteiger partial charge in [0, 0.05) is 6.07 Å². The molecule has 2 aromatic carbocycles. The van der Waals surface area contributed by atoms with Crippen LogP contribution in [0, 0.1) is 0 Å². The second kappa shape index (κ2) is 5.36. The second-order valence-electron chi connectivity index (χ2n) is 4.91. The zero-order valence-electron chi connectivity index (χ0n) is 12.0. The average Bonchev–Trinajstić information content (AvgIpc) is 2.49.